The Morgan fingerprint density at radius 2 is 1.13 bits per heavy atom. The van der Waals surface area contributed by atoms with Crippen LogP contribution in [0.5, 0.6) is 0 Å². The lowest BCUT2D eigenvalue weighted by molar-refractivity contribution is 0.457. The topological polar surface area (TPSA) is 77.5 Å². The standard InChI is InChI=1S/C16H34O5S2/c1-4-5-14-22(17,18)21-23(19,20)15-12-10-8-6-7-9-11-13-16(2)3/h16H,4-15H2,1-3H3. The van der Waals surface area contributed by atoms with Gasteiger partial charge in [0.15, 0.2) is 0 Å². The van der Waals surface area contributed by atoms with Crippen LogP contribution in [0.15, 0.2) is 0 Å². The largest absolute Gasteiger partial charge is 0.281 e. The van der Waals surface area contributed by atoms with Crippen molar-refractivity contribution in [1.82, 2.24) is 0 Å². The van der Waals surface area contributed by atoms with Crippen LogP contribution in [0.3, 0.4) is 0 Å². The van der Waals surface area contributed by atoms with E-state index in [4.69, 9.17) is 0 Å². The van der Waals surface area contributed by atoms with Crippen LogP contribution in [0, 0.1) is 5.92 Å². The fraction of sp³-hybridized carbons (Fsp3) is 1.00. The Labute approximate surface area is 143 Å². The normalized spacial score (nSPS) is 12.9. The molecule has 0 rings (SSSR count). The van der Waals surface area contributed by atoms with Crippen LogP contribution in [0.4, 0.5) is 0 Å². The van der Waals surface area contributed by atoms with Gasteiger partial charge in [-0.1, -0.05) is 72.1 Å². The highest BCUT2D eigenvalue weighted by Crippen LogP contribution is 2.13. The highest BCUT2D eigenvalue weighted by molar-refractivity contribution is 7.99. The summed E-state index contributed by atoms with van der Waals surface area (Å²) in [6.45, 7) is 6.29. The number of rotatable bonds is 15. The van der Waals surface area contributed by atoms with Gasteiger partial charge in [-0.05, 0) is 18.8 Å². The summed E-state index contributed by atoms with van der Waals surface area (Å²) in [5, 5.41) is 0. The van der Waals surface area contributed by atoms with Crippen molar-refractivity contribution in [3.8, 4) is 0 Å². The molecule has 0 spiro atoms. The van der Waals surface area contributed by atoms with Gasteiger partial charge in [0.1, 0.15) is 0 Å². The fourth-order valence-electron chi connectivity index (χ4n) is 2.26. The summed E-state index contributed by atoms with van der Waals surface area (Å²) in [6, 6.07) is 0. The van der Waals surface area contributed by atoms with Gasteiger partial charge >= 0.3 is 0 Å². The summed E-state index contributed by atoms with van der Waals surface area (Å²) in [6.07, 6.45) is 9.37. The van der Waals surface area contributed by atoms with Gasteiger partial charge in [0.2, 0.25) is 0 Å². The van der Waals surface area contributed by atoms with Crippen LogP contribution in [0.2, 0.25) is 0 Å². The molecule has 0 saturated carbocycles. The molecule has 0 radical (unpaired) electrons. The molecule has 140 valence electrons. The molecular weight excluding hydrogens is 336 g/mol. The number of hydrogen-bond donors (Lipinski definition) is 0. The van der Waals surface area contributed by atoms with E-state index >= 15 is 0 Å². The van der Waals surface area contributed by atoms with E-state index in [0.717, 1.165) is 25.2 Å². The third kappa shape index (κ3) is 15.1. The maximum absolute atomic E-state index is 11.6. The van der Waals surface area contributed by atoms with Crippen molar-refractivity contribution in [2.45, 2.75) is 85.0 Å². The minimum Gasteiger partial charge on any atom is -0.198 e. The van der Waals surface area contributed by atoms with Crippen LogP contribution < -0.4 is 0 Å². The quantitative estimate of drug-likeness (QED) is 0.403. The van der Waals surface area contributed by atoms with Gasteiger partial charge < -0.3 is 0 Å². The summed E-state index contributed by atoms with van der Waals surface area (Å²) >= 11 is 0. The van der Waals surface area contributed by atoms with Gasteiger partial charge in [-0.15, -0.1) is 3.63 Å². The van der Waals surface area contributed by atoms with E-state index in [9.17, 15) is 16.8 Å². The van der Waals surface area contributed by atoms with E-state index in [2.05, 4.69) is 17.5 Å². The van der Waals surface area contributed by atoms with Gasteiger partial charge in [-0.3, -0.25) is 0 Å². The third-order valence-corrected chi connectivity index (χ3v) is 6.87. The maximum Gasteiger partial charge on any atom is 0.281 e. The summed E-state index contributed by atoms with van der Waals surface area (Å²) in [5.41, 5.74) is 0. The lowest BCUT2D eigenvalue weighted by Gasteiger charge is -2.06. The van der Waals surface area contributed by atoms with Gasteiger partial charge in [-0.2, -0.15) is 16.8 Å². The minimum absolute atomic E-state index is 0.217. The van der Waals surface area contributed by atoms with Gasteiger partial charge in [0, 0.05) is 0 Å². The van der Waals surface area contributed by atoms with Crippen LogP contribution >= 0.6 is 0 Å². The van der Waals surface area contributed by atoms with Crippen molar-refractivity contribution in [3.63, 3.8) is 0 Å². The van der Waals surface area contributed by atoms with Crippen molar-refractivity contribution < 1.29 is 20.5 Å². The van der Waals surface area contributed by atoms with Crippen molar-refractivity contribution in [3.05, 3.63) is 0 Å². The Hall–Kier alpha value is -0.140. The average molecular weight is 371 g/mol. The molecule has 0 aliphatic heterocycles. The second kappa shape index (κ2) is 12.3. The Balaban J connectivity index is 3.74. The van der Waals surface area contributed by atoms with Crippen LogP contribution in [0.25, 0.3) is 0 Å². The molecule has 0 heterocycles. The van der Waals surface area contributed by atoms with E-state index in [1.54, 1.807) is 0 Å². The SMILES string of the molecule is CCCCS(=O)(=O)OS(=O)(=O)CCCCCCCCCC(C)C. The molecule has 0 saturated heterocycles. The molecule has 0 aromatic heterocycles. The molecule has 0 aromatic rings. The highest BCUT2D eigenvalue weighted by atomic mass is 32.3. The summed E-state index contributed by atoms with van der Waals surface area (Å²) < 4.78 is 50.6. The van der Waals surface area contributed by atoms with Crippen LogP contribution in [0.1, 0.15) is 85.0 Å². The van der Waals surface area contributed by atoms with Gasteiger partial charge in [0.25, 0.3) is 20.2 Å². The predicted molar refractivity (Wildman–Crippen MR) is 95.3 cm³/mol. The smallest absolute Gasteiger partial charge is 0.198 e. The molecule has 0 fully saturated rings. The number of hydrogen-bond acceptors (Lipinski definition) is 5. The van der Waals surface area contributed by atoms with E-state index < -0.39 is 20.2 Å². The molecule has 0 atom stereocenters. The summed E-state index contributed by atoms with van der Waals surface area (Å²) in [5.74, 6) is 0.305. The second-order valence-electron chi connectivity index (χ2n) is 6.60. The zero-order valence-corrected chi connectivity index (χ0v) is 16.6. The van der Waals surface area contributed by atoms with Gasteiger partial charge in [-0.25, -0.2) is 0 Å². The molecule has 0 bridgehead atoms. The first kappa shape index (κ1) is 22.9. The predicted octanol–water partition coefficient (Wildman–Crippen LogP) is 4.24. The van der Waals surface area contributed by atoms with Crippen molar-refractivity contribution in [2.75, 3.05) is 11.5 Å². The van der Waals surface area contributed by atoms with Crippen molar-refractivity contribution >= 4 is 20.2 Å². The Morgan fingerprint density at radius 1 is 0.696 bits per heavy atom. The van der Waals surface area contributed by atoms with Crippen LogP contribution in [-0.4, -0.2) is 28.3 Å². The molecule has 0 aliphatic carbocycles. The highest BCUT2D eigenvalue weighted by Gasteiger charge is 2.21. The third-order valence-electron chi connectivity index (χ3n) is 3.63. The van der Waals surface area contributed by atoms with E-state index in [0.29, 0.717) is 19.3 Å². The molecule has 0 aliphatic rings. The summed E-state index contributed by atoms with van der Waals surface area (Å²) in [7, 11) is -7.92. The zero-order valence-electron chi connectivity index (χ0n) is 14.9. The lowest BCUT2D eigenvalue weighted by atomic mass is 10.0. The Kier molecular flexibility index (Phi) is 12.2. The maximum atomic E-state index is 11.6. The monoisotopic (exact) mass is 370 g/mol. The molecule has 0 aromatic carbocycles. The molecule has 0 amide bonds. The zero-order chi connectivity index (χ0) is 17.8. The first-order valence-corrected chi connectivity index (χ1v) is 12.0. The molecule has 7 heteroatoms. The van der Waals surface area contributed by atoms with Crippen molar-refractivity contribution in [1.29, 1.82) is 0 Å². The molecule has 23 heavy (non-hydrogen) atoms. The first-order chi connectivity index (χ1) is 10.7. The van der Waals surface area contributed by atoms with Crippen LogP contribution in [-0.2, 0) is 23.9 Å². The Morgan fingerprint density at radius 3 is 1.61 bits per heavy atom. The molecule has 0 N–H and O–H groups in total. The fourth-order valence-corrected chi connectivity index (χ4v) is 5.27. The van der Waals surface area contributed by atoms with Crippen molar-refractivity contribution in [2.24, 2.45) is 5.92 Å². The second-order valence-corrected chi connectivity index (χ2v) is 10.2. The Bertz CT molecular complexity index is 481. The molecule has 5 nitrogen and oxygen atoms in total. The average Bonchev–Trinajstić information content (AvgIpc) is 2.42. The van der Waals surface area contributed by atoms with E-state index in [1.807, 2.05) is 6.92 Å². The van der Waals surface area contributed by atoms with E-state index in [-0.39, 0.29) is 11.5 Å². The lowest BCUT2D eigenvalue weighted by Crippen LogP contribution is -2.19. The molecule has 0 unspecified atom stereocenters. The number of unbranched alkanes of at least 4 members (excludes halogenated alkanes) is 7. The molecular formula is C16H34O5S2. The summed E-state index contributed by atoms with van der Waals surface area (Å²) in [4.78, 5) is 0. The first-order valence-electron chi connectivity index (χ1n) is 8.85. The van der Waals surface area contributed by atoms with Gasteiger partial charge in [0.05, 0.1) is 11.5 Å². The minimum atomic E-state index is -3.97. The van der Waals surface area contributed by atoms with E-state index in [1.165, 1.54) is 25.7 Å².